The number of hydrogen-bond acceptors (Lipinski definition) is 2. The lowest BCUT2D eigenvalue weighted by atomic mass is 10.1. The average Bonchev–Trinajstić information content (AvgIpc) is 2.85. The van der Waals surface area contributed by atoms with Gasteiger partial charge in [-0.2, -0.15) is 9.83 Å². The second kappa shape index (κ2) is 5.24. The zero-order valence-electron chi connectivity index (χ0n) is 11.3. The Morgan fingerprint density at radius 1 is 1.05 bits per heavy atom. The highest BCUT2D eigenvalue weighted by molar-refractivity contribution is 7.25. The maximum atomic E-state index is 9.04. The summed E-state index contributed by atoms with van der Waals surface area (Å²) in [5.41, 5.74) is 3.13. The molecule has 0 saturated carbocycles. The predicted molar refractivity (Wildman–Crippen MR) is 82.7 cm³/mol. The van der Waals surface area contributed by atoms with Gasteiger partial charge in [0.2, 0.25) is 11.0 Å². The van der Waals surface area contributed by atoms with Crippen LogP contribution < -0.4 is 28.5 Å². The molecule has 0 aliphatic heterocycles. The molecule has 4 aromatic rings. The van der Waals surface area contributed by atoms with Crippen LogP contribution in [-0.2, 0) is 7.05 Å². The van der Waals surface area contributed by atoms with Crippen molar-refractivity contribution in [2.75, 3.05) is 0 Å². The summed E-state index contributed by atoms with van der Waals surface area (Å²) in [7, 11) is 2.09. The van der Waals surface area contributed by atoms with Crippen molar-refractivity contribution in [2.45, 2.75) is 0 Å². The predicted octanol–water partition coefficient (Wildman–Crippen LogP) is 0.908. The van der Waals surface area contributed by atoms with Crippen molar-refractivity contribution in [3.63, 3.8) is 0 Å². The topological polar surface area (TPSA) is 27.7 Å². The van der Waals surface area contributed by atoms with E-state index in [2.05, 4.69) is 48.0 Å². The molecule has 0 N–H and O–H groups in total. The lowest BCUT2D eigenvalue weighted by Gasteiger charge is -1.99. The van der Waals surface area contributed by atoms with Crippen LogP contribution in [0.2, 0.25) is 0 Å². The van der Waals surface area contributed by atoms with Crippen molar-refractivity contribution in [2.24, 2.45) is 7.05 Å². The van der Waals surface area contributed by atoms with Crippen LogP contribution in [0.25, 0.3) is 31.2 Å². The summed E-state index contributed by atoms with van der Waals surface area (Å²) in [6, 6.07) is 18.7. The Balaban J connectivity index is 0.00000132. The monoisotopic (exact) mass is 402 g/mol. The van der Waals surface area contributed by atoms with Gasteiger partial charge in [0, 0.05) is 16.2 Å². The summed E-state index contributed by atoms with van der Waals surface area (Å²) in [5, 5.41) is 11.4. The van der Waals surface area contributed by atoms with Gasteiger partial charge < -0.3 is 24.0 Å². The normalized spacial score (nSPS) is 10.7. The Labute approximate surface area is 143 Å². The summed E-state index contributed by atoms with van der Waals surface area (Å²) in [6.07, 6.45) is 0. The van der Waals surface area contributed by atoms with Crippen molar-refractivity contribution >= 4 is 42.5 Å². The minimum atomic E-state index is 0. The quantitative estimate of drug-likeness (QED) is 0.318. The molecule has 21 heavy (non-hydrogen) atoms. The number of nitriles is 1. The SMILES string of the molecule is C[n+]1c2ccc(C#N)cc2cc2sc3ccccc3c21.[I-]. The third-order valence-corrected chi connectivity index (χ3v) is 4.84. The van der Waals surface area contributed by atoms with Gasteiger partial charge in [-0.1, -0.05) is 12.1 Å². The number of nitrogens with zero attached hydrogens (tertiary/aromatic N) is 2. The molecule has 0 amide bonds. The molecule has 4 rings (SSSR count). The first-order valence-corrected chi connectivity index (χ1v) is 7.24. The van der Waals surface area contributed by atoms with Crippen LogP contribution in [0.15, 0.2) is 48.5 Å². The summed E-state index contributed by atoms with van der Waals surface area (Å²) in [5.74, 6) is 0. The second-order valence-corrected chi connectivity index (χ2v) is 5.98. The van der Waals surface area contributed by atoms with Gasteiger partial charge in [0.15, 0.2) is 0 Å². The fraction of sp³-hybridized carbons (Fsp3) is 0.0588. The number of thiophene rings is 1. The highest BCUT2D eigenvalue weighted by Crippen LogP contribution is 2.33. The number of pyridine rings is 1. The van der Waals surface area contributed by atoms with Crippen molar-refractivity contribution in [3.8, 4) is 6.07 Å². The molecule has 0 spiro atoms. The van der Waals surface area contributed by atoms with Gasteiger partial charge in [-0.3, -0.25) is 0 Å². The van der Waals surface area contributed by atoms with Crippen molar-refractivity contribution < 1.29 is 28.5 Å². The van der Waals surface area contributed by atoms with Crippen molar-refractivity contribution in [1.29, 1.82) is 5.26 Å². The van der Waals surface area contributed by atoms with Gasteiger partial charge in [0.1, 0.15) is 11.7 Å². The van der Waals surface area contributed by atoms with E-state index in [1.54, 1.807) is 11.3 Å². The molecule has 0 aliphatic rings. The van der Waals surface area contributed by atoms with Gasteiger partial charge in [-0.05, 0) is 30.3 Å². The number of halogens is 1. The van der Waals surface area contributed by atoms with E-state index in [0.717, 1.165) is 10.9 Å². The molecule has 0 unspecified atom stereocenters. The van der Waals surface area contributed by atoms with Gasteiger partial charge >= 0.3 is 0 Å². The van der Waals surface area contributed by atoms with E-state index in [9.17, 15) is 0 Å². The van der Waals surface area contributed by atoms with E-state index in [0.29, 0.717) is 5.56 Å². The fourth-order valence-electron chi connectivity index (χ4n) is 2.80. The molecular weight excluding hydrogens is 391 g/mol. The molecule has 0 fully saturated rings. The van der Waals surface area contributed by atoms with Crippen LogP contribution in [0.4, 0.5) is 0 Å². The summed E-state index contributed by atoms with van der Waals surface area (Å²) < 4.78 is 4.79. The lowest BCUT2D eigenvalue weighted by Crippen LogP contribution is -3.00. The Bertz CT molecular complexity index is 1030. The Morgan fingerprint density at radius 3 is 2.67 bits per heavy atom. The largest absolute Gasteiger partial charge is 1.00 e. The first-order chi connectivity index (χ1) is 9.78. The molecule has 0 atom stereocenters. The van der Waals surface area contributed by atoms with Crippen LogP contribution in [0.3, 0.4) is 0 Å². The van der Waals surface area contributed by atoms with Crippen LogP contribution in [-0.4, -0.2) is 0 Å². The van der Waals surface area contributed by atoms with E-state index in [4.69, 9.17) is 5.26 Å². The summed E-state index contributed by atoms with van der Waals surface area (Å²) in [6.45, 7) is 0. The number of benzene rings is 2. The first kappa shape index (κ1) is 14.2. The Morgan fingerprint density at radius 2 is 1.86 bits per heavy atom. The highest BCUT2D eigenvalue weighted by Gasteiger charge is 2.17. The molecule has 0 aliphatic carbocycles. The number of rotatable bonds is 0. The lowest BCUT2D eigenvalue weighted by molar-refractivity contribution is -0.616. The van der Waals surface area contributed by atoms with Crippen molar-refractivity contribution in [1.82, 2.24) is 0 Å². The van der Waals surface area contributed by atoms with Gasteiger partial charge in [0.25, 0.3) is 0 Å². The third-order valence-electron chi connectivity index (χ3n) is 3.74. The smallest absolute Gasteiger partial charge is 0.231 e. The molecule has 2 nitrogen and oxygen atoms in total. The van der Waals surface area contributed by atoms with Crippen molar-refractivity contribution in [3.05, 3.63) is 54.1 Å². The van der Waals surface area contributed by atoms with Gasteiger partial charge in [-0.15, -0.1) is 11.3 Å². The maximum Gasteiger partial charge on any atom is 0.231 e. The molecule has 0 radical (unpaired) electrons. The molecule has 2 aromatic carbocycles. The summed E-state index contributed by atoms with van der Waals surface area (Å²) in [4.78, 5) is 0. The molecule has 0 saturated heterocycles. The van der Waals surface area contributed by atoms with E-state index >= 15 is 0 Å². The van der Waals surface area contributed by atoms with E-state index in [-0.39, 0.29) is 24.0 Å². The molecule has 2 heterocycles. The molecular formula is C17H11IN2S. The van der Waals surface area contributed by atoms with Gasteiger partial charge in [0.05, 0.1) is 17.0 Å². The highest BCUT2D eigenvalue weighted by atomic mass is 127. The minimum Gasteiger partial charge on any atom is -1.00 e. The van der Waals surface area contributed by atoms with E-state index in [1.165, 1.54) is 20.3 Å². The van der Waals surface area contributed by atoms with Crippen LogP contribution in [0.5, 0.6) is 0 Å². The van der Waals surface area contributed by atoms with E-state index < -0.39 is 0 Å². The van der Waals surface area contributed by atoms with Gasteiger partial charge in [-0.25, -0.2) is 0 Å². The zero-order chi connectivity index (χ0) is 13.7. The van der Waals surface area contributed by atoms with Crippen LogP contribution in [0, 0.1) is 11.3 Å². The Hall–Kier alpha value is -1.71. The second-order valence-electron chi connectivity index (χ2n) is 4.90. The molecule has 0 bridgehead atoms. The molecule has 4 heteroatoms. The summed E-state index contributed by atoms with van der Waals surface area (Å²) >= 11 is 1.80. The standard InChI is InChI=1S/C17H11N2S.HI/c1-19-14-7-6-11(10-18)8-12(14)9-16-17(19)13-4-2-3-5-15(13)20-16;/h2-9H,1H3;1H/q+1;/p-1. The number of aryl methyl sites for hydroxylation is 1. The zero-order valence-corrected chi connectivity index (χ0v) is 14.3. The van der Waals surface area contributed by atoms with Crippen LogP contribution >= 0.6 is 11.3 Å². The molecule has 2 aromatic heterocycles. The average molecular weight is 402 g/mol. The first-order valence-electron chi connectivity index (χ1n) is 6.42. The van der Waals surface area contributed by atoms with Crippen LogP contribution in [0.1, 0.15) is 5.56 Å². The Kier molecular flexibility index (Phi) is 3.56. The fourth-order valence-corrected chi connectivity index (χ4v) is 3.99. The minimum absolute atomic E-state index is 0. The third kappa shape index (κ3) is 2.08. The molecule has 102 valence electrons. The van der Waals surface area contributed by atoms with E-state index in [1.807, 2.05) is 18.2 Å². The maximum absolute atomic E-state index is 9.04. The number of aromatic nitrogens is 1. The number of hydrogen-bond donors (Lipinski definition) is 0. The number of fused-ring (bicyclic) bond motifs is 4.